The molecule has 0 saturated heterocycles. The second-order valence-corrected chi connectivity index (χ2v) is 3.72. The maximum atomic E-state index is 9.29. The van der Waals surface area contributed by atoms with Gasteiger partial charge >= 0.3 is 0 Å². The molecular formula is C10H14NO2+. The number of fused-ring (bicyclic) bond motifs is 1. The molecule has 0 bridgehead atoms. The molecule has 1 aromatic rings. The molecule has 13 heavy (non-hydrogen) atoms. The third-order valence-corrected chi connectivity index (χ3v) is 2.63. The summed E-state index contributed by atoms with van der Waals surface area (Å²) in [6.07, 6.45) is 2.93. The summed E-state index contributed by atoms with van der Waals surface area (Å²) in [5.41, 5.74) is 6.28. The van der Waals surface area contributed by atoms with Crippen LogP contribution in [-0.2, 0) is 12.8 Å². The molecular weight excluding hydrogens is 166 g/mol. The Morgan fingerprint density at radius 3 is 2.46 bits per heavy atom. The monoisotopic (exact) mass is 180 g/mol. The van der Waals surface area contributed by atoms with Gasteiger partial charge < -0.3 is 15.9 Å². The average Bonchev–Trinajstić information content (AvgIpc) is 2.08. The minimum absolute atomic E-state index is 0.0127. The number of rotatable bonds is 0. The Morgan fingerprint density at radius 1 is 1.15 bits per heavy atom. The molecule has 3 heteroatoms. The van der Waals surface area contributed by atoms with Crippen molar-refractivity contribution in [3.63, 3.8) is 0 Å². The predicted octanol–water partition coefficient (Wildman–Crippen LogP) is 0.197. The van der Waals surface area contributed by atoms with Gasteiger partial charge in [-0.2, -0.15) is 0 Å². The van der Waals surface area contributed by atoms with Crippen LogP contribution in [0, 0.1) is 0 Å². The zero-order valence-electron chi connectivity index (χ0n) is 7.45. The maximum Gasteiger partial charge on any atom is 0.157 e. The van der Waals surface area contributed by atoms with E-state index in [0.29, 0.717) is 6.04 Å². The summed E-state index contributed by atoms with van der Waals surface area (Å²) in [5.74, 6) is -0.0332. The van der Waals surface area contributed by atoms with E-state index in [1.807, 2.05) is 0 Å². The van der Waals surface area contributed by atoms with Gasteiger partial charge in [0, 0.05) is 12.8 Å². The molecule has 1 aliphatic rings. The lowest BCUT2D eigenvalue weighted by molar-refractivity contribution is -0.421. The first-order valence-electron chi connectivity index (χ1n) is 4.53. The molecule has 1 aliphatic carbocycles. The van der Waals surface area contributed by atoms with Gasteiger partial charge in [-0.1, -0.05) is 0 Å². The third-order valence-electron chi connectivity index (χ3n) is 2.63. The summed E-state index contributed by atoms with van der Waals surface area (Å²) in [5, 5.41) is 18.6. The van der Waals surface area contributed by atoms with E-state index in [1.165, 1.54) is 0 Å². The molecule has 2 rings (SSSR count). The zero-order chi connectivity index (χ0) is 9.42. The summed E-state index contributed by atoms with van der Waals surface area (Å²) in [6.45, 7) is 0. The highest BCUT2D eigenvalue weighted by Gasteiger charge is 2.19. The van der Waals surface area contributed by atoms with Crippen LogP contribution in [-0.4, -0.2) is 16.3 Å². The van der Waals surface area contributed by atoms with Gasteiger partial charge in [-0.3, -0.25) is 0 Å². The van der Waals surface area contributed by atoms with Crippen molar-refractivity contribution in [2.24, 2.45) is 0 Å². The third kappa shape index (κ3) is 1.47. The molecule has 5 N–H and O–H groups in total. The first-order chi connectivity index (χ1) is 6.16. The van der Waals surface area contributed by atoms with Crippen molar-refractivity contribution in [3.8, 4) is 11.5 Å². The van der Waals surface area contributed by atoms with Gasteiger partial charge in [0.15, 0.2) is 11.5 Å². The van der Waals surface area contributed by atoms with Crippen LogP contribution in [0.4, 0.5) is 0 Å². The maximum absolute atomic E-state index is 9.29. The summed E-state index contributed by atoms with van der Waals surface area (Å²) in [7, 11) is 0. The Labute approximate surface area is 76.8 Å². The standard InChI is InChI=1S/C10H13NO2/c11-8-2-1-6-4-9(12)10(13)5-7(6)3-8/h4-5,8,12-13H,1-3,11H2/p+1. The molecule has 0 radical (unpaired) electrons. The van der Waals surface area contributed by atoms with Crippen LogP contribution in [0.25, 0.3) is 0 Å². The Morgan fingerprint density at radius 2 is 1.77 bits per heavy atom. The first-order valence-corrected chi connectivity index (χ1v) is 4.53. The van der Waals surface area contributed by atoms with Crippen molar-refractivity contribution in [2.45, 2.75) is 25.3 Å². The predicted molar refractivity (Wildman–Crippen MR) is 48.5 cm³/mol. The Balaban J connectivity index is 2.43. The van der Waals surface area contributed by atoms with E-state index >= 15 is 0 Å². The lowest BCUT2D eigenvalue weighted by atomic mass is 9.88. The molecule has 1 unspecified atom stereocenters. The van der Waals surface area contributed by atoms with Crippen LogP contribution < -0.4 is 5.73 Å². The minimum Gasteiger partial charge on any atom is -0.504 e. The Bertz CT molecular complexity index is 336. The number of benzene rings is 1. The topological polar surface area (TPSA) is 68.1 Å². The molecule has 70 valence electrons. The van der Waals surface area contributed by atoms with E-state index < -0.39 is 0 Å². The van der Waals surface area contributed by atoms with Gasteiger partial charge in [0.05, 0.1) is 6.04 Å². The fourth-order valence-corrected chi connectivity index (χ4v) is 1.86. The summed E-state index contributed by atoms with van der Waals surface area (Å²) < 4.78 is 0. The normalized spacial score (nSPS) is 21.2. The number of aromatic hydroxyl groups is 2. The fourth-order valence-electron chi connectivity index (χ4n) is 1.86. The summed E-state index contributed by atoms with van der Waals surface area (Å²) >= 11 is 0. The lowest BCUT2D eigenvalue weighted by Gasteiger charge is -2.19. The van der Waals surface area contributed by atoms with Crippen molar-refractivity contribution in [2.75, 3.05) is 0 Å². The number of hydrogen-bond donors (Lipinski definition) is 3. The highest BCUT2D eigenvalue weighted by atomic mass is 16.3. The molecule has 0 saturated carbocycles. The Kier molecular flexibility index (Phi) is 1.88. The van der Waals surface area contributed by atoms with Gasteiger partial charge in [0.1, 0.15) is 0 Å². The van der Waals surface area contributed by atoms with E-state index in [0.717, 1.165) is 30.4 Å². The lowest BCUT2D eigenvalue weighted by Crippen LogP contribution is -2.62. The minimum atomic E-state index is -0.0205. The van der Waals surface area contributed by atoms with Crippen molar-refractivity contribution < 1.29 is 15.9 Å². The van der Waals surface area contributed by atoms with E-state index in [9.17, 15) is 10.2 Å². The molecule has 0 fully saturated rings. The van der Waals surface area contributed by atoms with Crippen LogP contribution >= 0.6 is 0 Å². The smallest absolute Gasteiger partial charge is 0.157 e. The SMILES string of the molecule is [NH3+]C1CCc2cc(O)c(O)cc2C1. The van der Waals surface area contributed by atoms with E-state index in [1.54, 1.807) is 12.1 Å². The largest absolute Gasteiger partial charge is 0.504 e. The zero-order valence-corrected chi connectivity index (χ0v) is 7.45. The van der Waals surface area contributed by atoms with Crippen molar-refractivity contribution in [1.29, 1.82) is 0 Å². The van der Waals surface area contributed by atoms with Gasteiger partial charge in [-0.05, 0) is 29.7 Å². The van der Waals surface area contributed by atoms with Crippen LogP contribution in [0.15, 0.2) is 12.1 Å². The number of phenols is 2. The summed E-state index contributed by atoms with van der Waals surface area (Å²) in [4.78, 5) is 0. The first kappa shape index (κ1) is 8.38. The second kappa shape index (κ2) is 2.92. The highest BCUT2D eigenvalue weighted by molar-refractivity contribution is 5.46. The van der Waals surface area contributed by atoms with Gasteiger partial charge in [-0.25, -0.2) is 0 Å². The van der Waals surface area contributed by atoms with E-state index in [-0.39, 0.29) is 11.5 Å². The Hall–Kier alpha value is -1.22. The van der Waals surface area contributed by atoms with Crippen LogP contribution in [0.2, 0.25) is 0 Å². The second-order valence-electron chi connectivity index (χ2n) is 3.72. The van der Waals surface area contributed by atoms with Crippen LogP contribution in [0.5, 0.6) is 11.5 Å². The molecule has 0 aliphatic heterocycles. The molecule has 1 atom stereocenters. The van der Waals surface area contributed by atoms with E-state index in [2.05, 4.69) is 5.73 Å². The van der Waals surface area contributed by atoms with Crippen LogP contribution in [0.1, 0.15) is 17.5 Å². The number of hydrogen-bond acceptors (Lipinski definition) is 2. The number of quaternary nitrogens is 1. The number of phenolic OH excluding ortho intramolecular Hbond substituents is 2. The van der Waals surface area contributed by atoms with Crippen molar-refractivity contribution >= 4 is 0 Å². The molecule has 0 amide bonds. The van der Waals surface area contributed by atoms with Crippen molar-refractivity contribution in [1.82, 2.24) is 0 Å². The van der Waals surface area contributed by atoms with Crippen molar-refractivity contribution in [3.05, 3.63) is 23.3 Å². The van der Waals surface area contributed by atoms with Crippen LogP contribution in [0.3, 0.4) is 0 Å². The average molecular weight is 180 g/mol. The molecule has 0 heterocycles. The molecule has 1 aromatic carbocycles. The quantitative estimate of drug-likeness (QED) is 0.499. The molecule has 3 nitrogen and oxygen atoms in total. The van der Waals surface area contributed by atoms with E-state index in [4.69, 9.17) is 0 Å². The van der Waals surface area contributed by atoms with Gasteiger partial charge in [-0.15, -0.1) is 0 Å². The molecule has 0 spiro atoms. The fraction of sp³-hybridized carbons (Fsp3) is 0.400. The summed E-state index contributed by atoms with van der Waals surface area (Å²) in [6, 6.07) is 3.76. The number of aryl methyl sites for hydroxylation is 1. The van der Waals surface area contributed by atoms with Gasteiger partial charge in [0.2, 0.25) is 0 Å². The van der Waals surface area contributed by atoms with Gasteiger partial charge in [0.25, 0.3) is 0 Å². The highest BCUT2D eigenvalue weighted by Crippen LogP contribution is 2.31. The molecule has 0 aromatic heterocycles.